The molecule has 1 unspecified atom stereocenters. The normalized spacial score (nSPS) is 12.7. The molecule has 0 bridgehead atoms. The minimum Gasteiger partial charge on any atom is -0.207 e. The van der Waals surface area contributed by atoms with Crippen LogP contribution in [0.15, 0.2) is 35.7 Å². The lowest BCUT2D eigenvalue weighted by molar-refractivity contribution is 0.627. The van der Waals surface area contributed by atoms with E-state index in [2.05, 4.69) is 0 Å². The molecule has 0 saturated heterocycles. The van der Waals surface area contributed by atoms with Crippen molar-refractivity contribution in [1.29, 1.82) is 0 Å². The average molecular weight is 261 g/mol. The molecule has 4 heteroatoms. The molecule has 0 aliphatic carbocycles. The van der Waals surface area contributed by atoms with Crippen LogP contribution < -0.4 is 0 Å². The number of thiophene rings is 1. The van der Waals surface area contributed by atoms with Crippen molar-refractivity contribution in [1.82, 2.24) is 0 Å². The van der Waals surface area contributed by atoms with Crippen LogP contribution in [0.3, 0.4) is 0 Å². The lowest BCUT2D eigenvalue weighted by Gasteiger charge is -2.09. The number of halogens is 3. The van der Waals surface area contributed by atoms with E-state index in [-0.39, 0.29) is 11.2 Å². The molecular formula is C11H7Cl2FS. The Kier molecular flexibility index (Phi) is 3.29. The largest absolute Gasteiger partial charge is 0.207 e. The van der Waals surface area contributed by atoms with Crippen molar-refractivity contribution in [3.05, 3.63) is 57.0 Å². The van der Waals surface area contributed by atoms with Gasteiger partial charge in [-0.05, 0) is 29.1 Å². The molecule has 1 aromatic carbocycles. The van der Waals surface area contributed by atoms with Crippen LogP contribution in [0.4, 0.5) is 4.39 Å². The molecule has 0 aliphatic rings. The molecule has 0 fully saturated rings. The highest BCUT2D eigenvalue weighted by Crippen LogP contribution is 2.35. The molecule has 0 saturated carbocycles. The minimum absolute atomic E-state index is 0.307. The topological polar surface area (TPSA) is 0 Å². The summed E-state index contributed by atoms with van der Waals surface area (Å²) in [6.45, 7) is 0. The number of hydrogen-bond donors (Lipinski definition) is 0. The second-order valence-corrected chi connectivity index (χ2v) is 4.87. The minimum atomic E-state index is -0.348. The van der Waals surface area contributed by atoms with E-state index in [1.54, 1.807) is 17.4 Å². The summed E-state index contributed by atoms with van der Waals surface area (Å²) in [6, 6.07) is 8.12. The fourth-order valence-electron chi connectivity index (χ4n) is 1.30. The Morgan fingerprint density at radius 3 is 2.67 bits per heavy atom. The van der Waals surface area contributed by atoms with Gasteiger partial charge in [-0.1, -0.05) is 23.7 Å². The van der Waals surface area contributed by atoms with Gasteiger partial charge in [-0.25, -0.2) is 4.39 Å². The summed E-state index contributed by atoms with van der Waals surface area (Å²) in [7, 11) is 0. The van der Waals surface area contributed by atoms with Gasteiger partial charge < -0.3 is 0 Å². The zero-order valence-corrected chi connectivity index (χ0v) is 9.91. The average Bonchev–Trinajstić information content (AvgIpc) is 2.69. The summed E-state index contributed by atoms with van der Waals surface area (Å²) in [6.07, 6.45) is 0. The Labute approximate surface area is 101 Å². The van der Waals surface area contributed by atoms with Crippen LogP contribution >= 0.6 is 34.5 Å². The summed E-state index contributed by atoms with van der Waals surface area (Å²) in [5, 5.41) is 2.00. The van der Waals surface area contributed by atoms with Gasteiger partial charge in [0.2, 0.25) is 0 Å². The van der Waals surface area contributed by atoms with Crippen LogP contribution in [0.1, 0.15) is 15.8 Å². The third-order valence-corrected chi connectivity index (χ3v) is 3.89. The zero-order chi connectivity index (χ0) is 10.8. The lowest BCUT2D eigenvalue weighted by Crippen LogP contribution is -1.92. The van der Waals surface area contributed by atoms with Gasteiger partial charge in [0.1, 0.15) is 5.82 Å². The lowest BCUT2D eigenvalue weighted by atomic mass is 10.1. The Morgan fingerprint density at radius 2 is 2.07 bits per heavy atom. The van der Waals surface area contributed by atoms with Crippen LogP contribution in [0.5, 0.6) is 0 Å². The van der Waals surface area contributed by atoms with Crippen LogP contribution in [0.25, 0.3) is 0 Å². The summed E-state index contributed by atoms with van der Waals surface area (Å²) in [5.74, 6) is -0.348. The smallest absolute Gasteiger partial charge is 0.124 e. The van der Waals surface area contributed by atoms with E-state index >= 15 is 0 Å². The number of rotatable bonds is 2. The van der Waals surface area contributed by atoms with Crippen LogP contribution in [0, 0.1) is 5.82 Å². The van der Waals surface area contributed by atoms with E-state index < -0.39 is 0 Å². The van der Waals surface area contributed by atoms with Gasteiger partial charge in [0.25, 0.3) is 0 Å². The third-order valence-electron chi connectivity index (χ3n) is 2.03. The summed E-state index contributed by atoms with van der Waals surface area (Å²) in [5.41, 5.74) is 0.738. The molecule has 78 valence electrons. The van der Waals surface area contributed by atoms with Crippen molar-refractivity contribution in [3.63, 3.8) is 0 Å². The molecule has 0 amide bonds. The van der Waals surface area contributed by atoms with E-state index in [0.29, 0.717) is 5.02 Å². The maximum absolute atomic E-state index is 12.8. The molecule has 0 nitrogen and oxygen atoms in total. The molecule has 2 aromatic rings. The Morgan fingerprint density at radius 1 is 1.27 bits per heavy atom. The number of hydrogen-bond acceptors (Lipinski definition) is 1. The van der Waals surface area contributed by atoms with Crippen LogP contribution in [-0.4, -0.2) is 0 Å². The summed E-state index contributed by atoms with van der Waals surface area (Å²) in [4.78, 5) is 1.00. The summed E-state index contributed by atoms with van der Waals surface area (Å²) >= 11 is 13.7. The molecular weight excluding hydrogens is 254 g/mol. The number of alkyl halides is 1. The first-order valence-corrected chi connectivity index (χ1v) is 6.00. The molecule has 1 aromatic heterocycles. The highest BCUT2D eigenvalue weighted by atomic mass is 35.5. The van der Waals surface area contributed by atoms with Gasteiger partial charge in [-0.3, -0.25) is 0 Å². The maximum atomic E-state index is 12.8. The van der Waals surface area contributed by atoms with Gasteiger partial charge in [-0.15, -0.1) is 22.9 Å². The summed E-state index contributed by atoms with van der Waals surface area (Å²) < 4.78 is 12.8. The fourth-order valence-corrected chi connectivity index (χ4v) is 2.76. The van der Waals surface area contributed by atoms with Crippen molar-refractivity contribution in [3.8, 4) is 0 Å². The van der Waals surface area contributed by atoms with Crippen LogP contribution in [-0.2, 0) is 0 Å². The molecule has 1 heterocycles. The predicted octanol–water partition coefficient (Wildman–Crippen LogP) is 4.87. The SMILES string of the molecule is Fc1ccc(C(Cl)c2cccs2)c(Cl)c1. The Bertz CT molecular complexity index is 454. The molecule has 15 heavy (non-hydrogen) atoms. The molecule has 1 atom stereocenters. The van der Waals surface area contributed by atoms with E-state index in [0.717, 1.165) is 10.4 Å². The van der Waals surface area contributed by atoms with Gasteiger partial charge in [-0.2, -0.15) is 0 Å². The van der Waals surface area contributed by atoms with Gasteiger partial charge in [0.05, 0.1) is 5.38 Å². The quantitative estimate of drug-likeness (QED) is 0.676. The zero-order valence-electron chi connectivity index (χ0n) is 7.58. The predicted molar refractivity (Wildman–Crippen MR) is 63.4 cm³/mol. The second-order valence-electron chi connectivity index (χ2n) is 3.04. The van der Waals surface area contributed by atoms with Crippen LogP contribution in [0.2, 0.25) is 5.02 Å². The molecule has 0 aliphatic heterocycles. The van der Waals surface area contributed by atoms with Crippen molar-refractivity contribution in [2.24, 2.45) is 0 Å². The Balaban J connectivity index is 2.38. The number of benzene rings is 1. The first-order chi connectivity index (χ1) is 7.18. The standard InChI is InChI=1S/C11H7Cl2FS/c12-9-6-7(14)3-4-8(9)11(13)10-2-1-5-15-10/h1-6,11H. The molecule has 2 rings (SSSR count). The van der Waals surface area contributed by atoms with Gasteiger partial charge >= 0.3 is 0 Å². The third kappa shape index (κ3) is 2.33. The van der Waals surface area contributed by atoms with Crippen molar-refractivity contribution >= 4 is 34.5 Å². The fraction of sp³-hybridized carbons (Fsp3) is 0.0909. The van der Waals surface area contributed by atoms with E-state index in [4.69, 9.17) is 23.2 Å². The molecule has 0 radical (unpaired) electrons. The van der Waals surface area contributed by atoms with Crippen molar-refractivity contribution in [2.45, 2.75) is 5.38 Å². The Hall–Kier alpha value is -0.570. The van der Waals surface area contributed by atoms with E-state index in [9.17, 15) is 4.39 Å². The first-order valence-electron chi connectivity index (χ1n) is 4.31. The molecule has 0 N–H and O–H groups in total. The highest BCUT2D eigenvalue weighted by molar-refractivity contribution is 7.10. The highest BCUT2D eigenvalue weighted by Gasteiger charge is 2.15. The van der Waals surface area contributed by atoms with Crippen molar-refractivity contribution < 1.29 is 4.39 Å². The monoisotopic (exact) mass is 260 g/mol. The van der Waals surface area contributed by atoms with Gasteiger partial charge in [0, 0.05) is 9.90 Å². The van der Waals surface area contributed by atoms with Crippen molar-refractivity contribution in [2.75, 3.05) is 0 Å². The van der Waals surface area contributed by atoms with E-state index in [1.807, 2.05) is 17.5 Å². The molecule has 0 spiro atoms. The van der Waals surface area contributed by atoms with E-state index in [1.165, 1.54) is 12.1 Å². The second kappa shape index (κ2) is 4.52. The first kappa shape index (κ1) is 10.9. The maximum Gasteiger partial charge on any atom is 0.124 e. The van der Waals surface area contributed by atoms with Gasteiger partial charge in [0.15, 0.2) is 0 Å².